The third-order valence-corrected chi connectivity index (χ3v) is 3.42. The molecule has 0 spiro atoms. The lowest BCUT2D eigenvalue weighted by molar-refractivity contribution is -0.128. The number of nitrogens with one attached hydrogen (secondary N) is 2. The quantitative estimate of drug-likeness (QED) is 0.657. The fourth-order valence-electron chi connectivity index (χ4n) is 2.21. The monoisotopic (exact) mass is 291 g/mol. The van der Waals surface area contributed by atoms with Gasteiger partial charge in [0, 0.05) is 31.3 Å². The van der Waals surface area contributed by atoms with E-state index in [-0.39, 0.29) is 12.5 Å². The summed E-state index contributed by atoms with van der Waals surface area (Å²) in [6.07, 6.45) is 1.90. The third kappa shape index (κ3) is 3.81. The van der Waals surface area contributed by atoms with Gasteiger partial charge in [-0.25, -0.2) is 0 Å². The number of benzene rings is 1. The molecule has 0 radical (unpaired) electrons. The van der Waals surface area contributed by atoms with Crippen LogP contribution in [0.3, 0.4) is 0 Å². The van der Waals surface area contributed by atoms with Gasteiger partial charge in [-0.3, -0.25) is 4.79 Å². The molecule has 0 bridgehead atoms. The van der Waals surface area contributed by atoms with Crippen LogP contribution < -0.4 is 11.1 Å². The van der Waals surface area contributed by atoms with Crippen LogP contribution in [0, 0.1) is 0 Å². The van der Waals surface area contributed by atoms with Crippen molar-refractivity contribution in [1.29, 1.82) is 0 Å². The maximum Gasteiger partial charge on any atom is 0.237 e. The summed E-state index contributed by atoms with van der Waals surface area (Å²) in [5.41, 5.74) is 8.03. The van der Waals surface area contributed by atoms with Crippen molar-refractivity contribution in [2.45, 2.75) is 18.8 Å². The first-order valence-corrected chi connectivity index (χ1v) is 6.79. The summed E-state index contributed by atoms with van der Waals surface area (Å²) >= 11 is 0. The number of carbonyl (C=O) groups is 1. The molecule has 2 aromatic rings. The number of hydrogen-bond acceptors (Lipinski definition) is 4. The minimum absolute atomic E-state index is 0.223. The lowest BCUT2D eigenvalue weighted by Gasteiger charge is -2.16. The number of amides is 1. The van der Waals surface area contributed by atoms with Crippen LogP contribution in [0.2, 0.25) is 0 Å². The van der Waals surface area contributed by atoms with Gasteiger partial charge in [0.05, 0.1) is 12.6 Å². The second kappa shape index (κ2) is 7.21. The molecule has 114 valence electrons. The number of ether oxygens (including phenoxy) is 2. The highest BCUT2D eigenvalue weighted by Gasteiger charge is 2.17. The van der Waals surface area contributed by atoms with Gasteiger partial charge in [-0.2, -0.15) is 0 Å². The topological polar surface area (TPSA) is 89.4 Å². The van der Waals surface area contributed by atoms with Crippen molar-refractivity contribution in [3.63, 3.8) is 0 Å². The predicted octanol–water partition coefficient (Wildman–Crippen LogP) is 0.773. The number of fused-ring (bicyclic) bond motifs is 1. The van der Waals surface area contributed by atoms with Crippen LogP contribution in [0.15, 0.2) is 30.5 Å². The van der Waals surface area contributed by atoms with Crippen molar-refractivity contribution in [1.82, 2.24) is 10.3 Å². The highest BCUT2D eigenvalue weighted by atomic mass is 16.7. The Balaban J connectivity index is 1.94. The lowest BCUT2D eigenvalue weighted by atomic mass is 10.1. The summed E-state index contributed by atoms with van der Waals surface area (Å²) in [6, 6.07) is 7.32. The number of nitrogens with two attached hydrogens (primary N) is 1. The number of aromatic amines is 1. The first-order chi connectivity index (χ1) is 10.2. The Morgan fingerprint density at radius 2 is 2.05 bits per heavy atom. The number of para-hydroxylation sites is 1. The zero-order chi connectivity index (χ0) is 15.2. The average molecular weight is 291 g/mol. The summed E-state index contributed by atoms with van der Waals surface area (Å²) in [5, 5.41) is 3.81. The predicted molar refractivity (Wildman–Crippen MR) is 80.8 cm³/mol. The van der Waals surface area contributed by atoms with Gasteiger partial charge in [-0.05, 0) is 18.1 Å². The standard InChI is InChI=1S/C15H21N3O3/c1-20-14(21-2)9-18-15(19)12(16)7-10-8-17-13-6-4-3-5-11(10)13/h3-6,8,12,14,17H,7,9,16H2,1-2H3,(H,18,19)/t12-/m1/s1. The van der Waals surface area contributed by atoms with Crippen molar-refractivity contribution in [3.05, 3.63) is 36.0 Å². The highest BCUT2D eigenvalue weighted by molar-refractivity contribution is 5.86. The summed E-state index contributed by atoms with van der Waals surface area (Å²) in [7, 11) is 3.04. The molecule has 1 heterocycles. The molecule has 1 aromatic carbocycles. The average Bonchev–Trinajstić information content (AvgIpc) is 2.91. The Morgan fingerprint density at radius 1 is 1.33 bits per heavy atom. The molecule has 6 heteroatoms. The van der Waals surface area contributed by atoms with Crippen LogP contribution in [-0.4, -0.2) is 44.0 Å². The maximum atomic E-state index is 12.0. The molecule has 0 aliphatic rings. The van der Waals surface area contributed by atoms with Crippen molar-refractivity contribution in [2.75, 3.05) is 20.8 Å². The smallest absolute Gasteiger partial charge is 0.237 e. The van der Waals surface area contributed by atoms with Gasteiger partial charge < -0.3 is 25.5 Å². The largest absolute Gasteiger partial charge is 0.361 e. The van der Waals surface area contributed by atoms with E-state index in [1.165, 1.54) is 14.2 Å². The van der Waals surface area contributed by atoms with Gasteiger partial charge in [0.1, 0.15) is 0 Å². The van der Waals surface area contributed by atoms with E-state index >= 15 is 0 Å². The molecule has 21 heavy (non-hydrogen) atoms. The molecule has 1 atom stereocenters. The molecule has 4 N–H and O–H groups in total. The van der Waals surface area contributed by atoms with Crippen LogP contribution in [0.4, 0.5) is 0 Å². The van der Waals surface area contributed by atoms with E-state index in [1.807, 2.05) is 30.5 Å². The Labute approximate surface area is 123 Å². The Bertz CT molecular complexity index is 593. The molecule has 0 fully saturated rings. The number of H-pyrrole nitrogens is 1. The molecule has 1 aromatic heterocycles. The van der Waals surface area contributed by atoms with E-state index < -0.39 is 12.3 Å². The molecule has 6 nitrogen and oxygen atoms in total. The number of hydrogen-bond donors (Lipinski definition) is 3. The van der Waals surface area contributed by atoms with E-state index in [0.717, 1.165) is 16.5 Å². The molecule has 2 rings (SSSR count). The van der Waals surface area contributed by atoms with Crippen LogP contribution in [0.5, 0.6) is 0 Å². The fourth-order valence-corrected chi connectivity index (χ4v) is 2.21. The van der Waals surface area contributed by atoms with Crippen molar-refractivity contribution in [3.8, 4) is 0 Å². The van der Waals surface area contributed by atoms with Crippen molar-refractivity contribution >= 4 is 16.8 Å². The van der Waals surface area contributed by atoms with Crippen LogP contribution >= 0.6 is 0 Å². The zero-order valence-electron chi connectivity index (χ0n) is 12.3. The maximum absolute atomic E-state index is 12.0. The van der Waals surface area contributed by atoms with Gasteiger partial charge in [0.15, 0.2) is 6.29 Å². The number of carbonyl (C=O) groups excluding carboxylic acids is 1. The summed E-state index contributed by atoms with van der Waals surface area (Å²) in [6.45, 7) is 0.271. The molecule has 0 saturated heterocycles. The van der Waals surface area contributed by atoms with Crippen LogP contribution in [0.25, 0.3) is 10.9 Å². The SMILES string of the molecule is COC(CNC(=O)[C@H](N)Cc1c[nH]c2ccccc12)OC. The molecule has 0 aliphatic heterocycles. The summed E-state index contributed by atoms with van der Waals surface area (Å²) in [4.78, 5) is 15.2. The van der Waals surface area contributed by atoms with E-state index in [1.54, 1.807) is 0 Å². The third-order valence-electron chi connectivity index (χ3n) is 3.42. The van der Waals surface area contributed by atoms with Gasteiger partial charge in [-0.1, -0.05) is 18.2 Å². The van der Waals surface area contributed by atoms with E-state index in [4.69, 9.17) is 15.2 Å². The minimum atomic E-state index is -0.612. The Kier molecular flexibility index (Phi) is 5.32. The Hall–Kier alpha value is -1.89. The molecule has 1 amide bonds. The van der Waals surface area contributed by atoms with E-state index in [0.29, 0.717) is 6.42 Å². The van der Waals surface area contributed by atoms with Crippen molar-refractivity contribution < 1.29 is 14.3 Å². The second-order valence-electron chi connectivity index (χ2n) is 4.82. The van der Waals surface area contributed by atoms with E-state index in [9.17, 15) is 4.79 Å². The van der Waals surface area contributed by atoms with Crippen LogP contribution in [-0.2, 0) is 20.7 Å². The second-order valence-corrected chi connectivity index (χ2v) is 4.82. The highest BCUT2D eigenvalue weighted by Crippen LogP contribution is 2.18. The number of methoxy groups -OCH3 is 2. The summed E-state index contributed by atoms with van der Waals surface area (Å²) in [5.74, 6) is -0.223. The molecule has 0 saturated carbocycles. The molecular formula is C15H21N3O3. The molecule has 0 unspecified atom stereocenters. The van der Waals surface area contributed by atoms with Crippen molar-refractivity contribution in [2.24, 2.45) is 5.73 Å². The zero-order valence-corrected chi connectivity index (χ0v) is 12.3. The van der Waals surface area contributed by atoms with E-state index in [2.05, 4.69) is 10.3 Å². The fraction of sp³-hybridized carbons (Fsp3) is 0.400. The molecular weight excluding hydrogens is 270 g/mol. The van der Waals surface area contributed by atoms with Gasteiger partial charge in [0.25, 0.3) is 0 Å². The number of rotatable bonds is 7. The van der Waals surface area contributed by atoms with Crippen LogP contribution in [0.1, 0.15) is 5.56 Å². The minimum Gasteiger partial charge on any atom is -0.361 e. The van der Waals surface area contributed by atoms with Gasteiger partial charge in [0.2, 0.25) is 5.91 Å². The lowest BCUT2D eigenvalue weighted by Crippen LogP contribution is -2.45. The molecule has 0 aliphatic carbocycles. The number of aromatic nitrogens is 1. The first kappa shape index (κ1) is 15.5. The van der Waals surface area contributed by atoms with Gasteiger partial charge in [-0.15, -0.1) is 0 Å². The van der Waals surface area contributed by atoms with Gasteiger partial charge >= 0.3 is 0 Å². The summed E-state index contributed by atoms with van der Waals surface area (Å²) < 4.78 is 10.0. The normalized spacial score (nSPS) is 12.8. The Morgan fingerprint density at radius 3 is 2.76 bits per heavy atom. The first-order valence-electron chi connectivity index (χ1n) is 6.79.